The van der Waals surface area contributed by atoms with Gasteiger partial charge in [0.2, 0.25) is 0 Å². The molecule has 0 radical (unpaired) electrons. The SMILES string of the molecule is C=C1CC(O)C=CCC(C(C=CC2CC(C)=CCO2)OC)OC(=O)C=CCC2C=CCC(CC(C)C1)O2. The van der Waals surface area contributed by atoms with Crippen LogP contribution in [-0.2, 0) is 23.7 Å². The Kier molecular flexibility index (Phi) is 12.1. The fourth-order valence-corrected chi connectivity index (χ4v) is 5.08. The smallest absolute Gasteiger partial charge is 0.330 e. The van der Waals surface area contributed by atoms with E-state index in [-0.39, 0.29) is 18.3 Å². The zero-order valence-electron chi connectivity index (χ0n) is 22.6. The minimum absolute atomic E-state index is 0.0319. The van der Waals surface area contributed by atoms with E-state index in [2.05, 4.69) is 38.7 Å². The topological polar surface area (TPSA) is 74.2 Å². The van der Waals surface area contributed by atoms with Crippen LogP contribution in [0.2, 0.25) is 0 Å². The zero-order valence-corrected chi connectivity index (χ0v) is 22.6. The number of fused-ring (bicyclic) bond motifs is 2. The summed E-state index contributed by atoms with van der Waals surface area (Å²) in [7, 11) is 1.60. The maximum atomic E-state index is 12.7. The number of aliphatic hydroxyl groups excluding tert-OH is 1. The van der Waals surface area contributed by atoms with Gasteiger partial charge in [-0.1, -0.05) is 73.3 Å². The summed E-state index contributed by atoms with van der Waals surface area (Å²) in [5, 5.41) is 10.6. The van der Waals surface area contributed by atoms with E-state index in [9.17, 15) is 9.90 Å². The van der Waals surface area contributed by atoms with Crippen LogP contribution in [0.4, 0.5) is 0 Å². The predicted molar refractivity (Wildman–Crippen MR) is 146 cm³/mol. The molecule has 6 heteroatoms. The summed E-state index contributed by atoms with van der Waals surface area (Å²) in [6.07, 6.45) is 20.5. The average molecular weight is 513 g/mol. The number of carbonyl (C=O) groups excluding carboxylic acids is 1. The number of ether oxygens (including phenoxy) is 4. The molecule has 3 aliphatic rings. The quantitative estimate of drug-likeness (QED) is 0.393. The molecule has 0 aromatic heterocycles. The highest BCUT2D eigenvalue weighted by atomic mass is 16.6. The van der Waals surface area contributed by atoms with Gasteiger partial charge in [0.05, 0.1) is 31.0 Å². The first kappa shape index (κ1) is 29.3. The van der Waals surface area contributed by atoms with E-state index < -0.39 is 24.3 Å². The van der Waals surface area contributed by atoms with E-state index in [1.807, 2.05) is 24.3 Å². The van der Waals surface area contributed by atoms with Crippen LogP contribution in [-0.4, -0.2) is 61.4 Å². The van der Waals surface area contributed by atoms with Crippen LogP contribution in [0.15, 0.2) is 72.4 Å². The molecule has 7 atom stereocenters. The molecule has 0 amide bonds. The van der Waals surface area contributed by atoms with E-state index >= 15 is 0 Å². The van der Waals surface area contributed by atoms with Gasteiger partial charge in [-0.2, -0.15) is 0 Å². The molecule has 37 heavy (non-hydrogen) atoms. The van der Waals surface area contributed by atoms with E-state index in [4.69, 9.17) is 18.9 Å². The monoisotopic (exact) mass is 512 g/mol. The minimum atomic E-state index is -0.644. The van der Waals surface area contributed by atoms with Crippen LogP contribution < -0.4 is 0 Å². The van der Waals surface area contributed by atoms with Gasteiger partial charge in [0, 0.05) is 19.6 Å². The second-order valence-corrected chi connectivity index (χ2v) is 10.5. The standard InChI is InChI=1S/C31H44O6/c1-22-16-17-35-27(20-22)14-15-29(34-4)30-12-5-8-25(32)19-23(2)18-24(3)21-28-11-6-9-26(36-28)10-7-13-31(33)37-30/h5-9,13-16,24-30,32H,2,10-12,17-21H2,1,3-4H3. The number of hydrogen-bond acceptors (Lipinski definition) is 6. The Bertz CT molecular complexity index is 897. The Balaban J connectivity index is 1.73. The molecule has 204 valence electrons. The van der Waals surface area contributed by atoms with Crippen molar-refractivity contribution >= 4 is 5.97 Å². The molecule has 0 saturated carbocycles. The average Bonchev–Trinajstić information content (AvgIpc) is 2.83. The van der Waals surface area contributed by atoms with Gasteiger partial charge in [-0.25, -0.2) is 4.79 Å². The Morgan fingerprint density at radius 3 is 2.73 bits per heavy atom. The van der Waals surface area contributed by atoms with Gasteiger partial charge < -0.3 is 24.1 Å². The first-order chi connectivity index (χ1) is 17.8. The molecule has 0 spiro atoms. The molecule has 1 N–H and O–H groups in total. The first-order valence-corrected chi connectivity index (χ1v) is 13.5. The highest BCUT2D eigenvalue weighted by Gasteiger charge is 2.24. The predicted octanol–water partition coefficient (Wildman–Crippen LogP) is 5.55. The van der Waals surface area contributed by atoms with Crippen LogP contribution >= 0.6 is 0 Å². The third kappa shape index (κ3) is 10.6. The van der Waals surface area contributed by atoms with E-state index in [1.165, 1.54) is 11.6 Å². The lowest BCUT2D eigenvalue weighted by Gasteiger charge is -2.28. The van der Waals surface area contributed by atoms with Crippen molar-refractivity contribution in [2.45, 2.75) is 95.4 Å². The van der Waals surface area contributed by atoms with Gasteiger partial charge >= 0.3 is 5.97 Å². The highest BCUT2D eigenvalue weighted by molar-refractivity contribution is 5.82. The van der Waals surface area contributed by atoms with Crippen LogP contribution in [0.5, 0.6) is 0 Å². The Morgan fingerprint density at radius 2 is 1.95 bits per heavy atom. The number of cyclic esters (lactones) is 1. The lowest BCUT2D eigenvalue weighted by Crippen LogP contribution is -2.31. The summed E-state index contributed by atoms with van der Waals surface area (Å²) in [5.74, 6) is -0.0159. The van der Waals surface area contributed by atoms with Crippen molar-refractivity contribution in [2.75, 3.05) is 13.7 Å². The van der Waals surface area contributed by atoms with E-state index in [0.29, 0.717) is 31.8 Å². The molecule has 0 fully saturated rings. The molecule has 3 aliphatic heterocycles. The number of rotatable bonds is 4. The van der Waals surface area contributed by atoms with Gasteiger partial charge in [0.15, 0.2) is 0 Å². The van der Waals surface area contributed by atoms with Crippen LogP contribution in [0, 0.1) is 5.92 Å². The normalized spacial score (nSPS) is 33.5. The molecular weight excluding hydrogens is 468 g/mol. The third-order valence-electron chi connectivity index (χ3n) is 6.95. The number of carbonyl (C=O) groups is 1. The second kappa shape index (κ2) is 15.2. The molecule has 2 bridgehead atoms. The summed E-state index contributed by atoms with van der Waals surface area (Å²) >= 11 is 0. The largest absolute Gasteiger partial charge is 0.456 e. The Morgan fingerprint density at radius 1 is 1.14 bits per heavy atom. The number of hydrogen-bond donors (Lipinski definition) is 1. The van der Waals surface area contributed by atoms with Gasteiger partial charge in [-0.15, -0.1) is 0 Å². The van der Waals surface area contributed by atoms with Crippen LogP contribution in [0.25, 0.3) is 0 Å². The van der Waals surface area contributed by atoms with Crippen molar-refractivity contribution in [2.24, 2.45) is 5.92 Å². The third-order valence-corrected chi connectivity index (χ3v) is 6.95. The first-order valence-electron chi connectivity index (χ1n) is 13.5. The minimum Gasteiger partial charge on any atom is -0.456 e. The van der Waals surface area contributed by atoms with E-state index in [0.717, 1.165) is 31.3 Å². The Labute approximate surface area is 222 Å². The van der Waals surface area contributed by atoms with Gasteiger partial charge in [-0.3, -0.25) is 0 Å². The van der Waals surface area contributed by atoms with Crippen molar-refractivity contribution in [1.82, 2.24) is 0 Å². The molecule has 0 aromatic rings. The number of esters is 1. The van der Waals surface area contributed by atoms with Gasteiger partial charge in [0.25, 0.3) is 0 Å². The molecule has 6 nitrogen and oxygen atoms in total. The lowest BCUT2D eigenvalue weighted by molar-refractivity contribution is -0.148. The van der Waals surface area contributed by atoms with Gasteiger partial charge in [0.1, 0.15) is 12.2 Å². The Hall–Kier alpha value is -2.25. The lowest BCUT2D eigenvalue weighted by atomic mass is 9.91. The second-order valence-electron chi connectivity index (χ2n) is 10.5. The fourth-order valence-electron chi connectivity index (χ4n) is 5.08. The van der Waals surface area contributed by atoms with E-state index in [1.54, 1.807) is 13.2 Å². The molecule has 7 unspecified atom stereocenters. The summed E-state index contributed by atoms with van der Waals surface area (Å²) < 4.78 is 23.6. The summed E-state index contributed by atoms with van der Waals surface area (Å²) in [6.45, 7) is 9.08. The molecular formula is C31H44O6. The van der Waals surface area contributed by atoms with Crippen LogP contribution in [0.1, 0.15) is 58.8 Å². The molecule has 0 aliphatic carbocycles. The molecule has 3 rings (SSSR count). The van der Waals surface area contributed by atoms with Crippen molar-refractivity contribution in [3.8, 4) is 0 Å². The van der Waals surface area contributed by atoms with Crippen molar-refractivity contribution in [1.29, 1.82) is 0 Å². The maximum absolute atomic E-state index is 12.7. The summed E-state index contributed by atoms with van der Waals surface area (Å²) in [4.78, 5) is 12.7. The molecule has 0 aromatic carbocycles. The molecule has 3 heterocycles. The number of aliphatic hydroxyl groups is 1. The maximum Gasteiger partial charge on any atom is 0.330 e. The summed E-state index contributed by atoms with van der Waals surface area (Å²) in [5.41, 5.74) is 2.31. The van der Waals surface area contributed by atoms with Crippen molar-refractivity contribution in [3.63, 3.8) is 0 Å². The van der Waals surface area contributed by atoms with Crippen molar-refractivity contribution < 1.29 is 28.8 Å². The fraction of sp³-hybridized carbons (Fsp3) is 0.581. The summed E-state index contributed by atoms with van der Waals surface area (Å²) in [6, 6.07) is 0. The number of methoxy groups -OCH3 is 1. The van der Waals surface area contributed by atoms with Crippen LogP contribution in [0.3, 0.4) is 0 Å². The van der Waals surface area contributed by atoms with Gasteiger partial charge in [-0.05, 0) is 51.4 Å². The highest BCUT2D eigenvalue weighted by Crippen LogP contribution is 2.26. The van der Waals surface area contributed by atoms with Crippen molar-refractivity contribution in [3.05, 3.63) is 72.4 Å². The zero-order chi connectivity index (χ0) is 26.6. The molecule has 0 saturated heterocycles.